The molecule has 3 rings (SSSR count). The Bertz CT molecular complexity index is 550. The van der Waals surface area contributed by atoms with Crippen molar-refractivity contribution in [2.45, 2.75) is 88.6 Å². The highest BCUT2D eigenvalue weighted by Crippen LogP contribution is 2.45. The van der Waals surface area contributed by atoms with Gasteiger partial charge in [-0.25, -0.2) is 13.2 Å². The van der Waals surface area contributed by atoms with Gasteiger partial charge in [-0.15, -0.1) is 0 Å². The van der Waals surface area contributed by atoms with Gasteiger partial charge < -0.3 is 0 Å². The summed E-state index contributed by atoms with van der Waals surface area (Å²) >= 11 is 0. The summed E-state index contributed by atoms with van der Waals surface area (Å²) in [5.74, 6) is -1.59. The van der Waals surface area contributed by atoms with Gasteiger partial charge >= 0.3 is 0 Å². The first-order valence-electron chi connectivity index (χ1n) is 10.7. The SMILES string of the molecule is CCCC[SiH2][C@H]1CC[C@H]([C@H]2CC[C@H](c3cc(F)c(F)c(F)c3)CC2)CC1. The van der Waals surface area contributed by atoms with E-state index in [1.807, 2.05) is 0 Å². The lowest BCUT2D eigenvalue weighted by molar-refractivity contribution is 0.185. The summed E-state index contributed by atoms with van der Waals surface area (Å²) in [6.45, 7) is 2.29. The van der Waals surface area contributed by atoms with Crippen LogP contribution in [0, 0.1) is 29.3 Å². The second-order valence-electron chi connectivity index (χ2n) is 8.69. The summed E-state index contributed by atoms with van der Waals surface area (Å²) in [7, 11) is 0.147. The molecule has 0 bridgehead atoms. The Morgan fingerprint density at radius 2 is 1.38 bits per heavy atom. The van der Waals surface area contributed by atoms with Crippen LogP contribution in [0.15, 0.2) is 12.1 Å². The van der Waals surface area contributed by atoms with E-state index in [9.17, 15) is 13.2 Å². The zero-order valence-electron chi connectivity index (χ0n) is 16.1. The van der Waals surface area contributed by atoms with Crippen LogP contribution in [0.4, 0.5) is 13.2 Å². The third-order valence-electron chi connectivity index (χ3n) is 7.02. The van der Waals surface area contributed by atoms with Crippen LogP contribution in [-0.2, 0) is 0 Å². The van der Waals surface area contributed by atoms with Gasteiger partial charge in [0.2, 0.25) is 0 Å². The largest absolute Gasteiger partial charge is 0.204 e. The van der Waals surface area contributed by atoms with Crippen LogP contribution >= 0.6 is 0 Å². The van der Waals surface area contributed by atoms with Crippen molar-refractivity contribution in [3.05, 3.63) is 35.1 Å². The third-order valence-corrected chi connectivity index (χ3v) is 9.56. The van der Waals surface area contributed by atoms with Crippen LogP contribution in [-0.4, -0.2) is 9.52 Å². The highest BCUT2D eigenvalue weighted by atomic mass is 28.2. The molecule has 2 saturated carbocycles. The van der Waals surface area contributed by atoms with Gasteiger partial charge in [-0.1, -0.05) is 57.0 Å². The van der Waals surface area contributed by atoms with E-state index in [1.54, 1.807) is 0 Å². The van der Waals surface area contributed by atoms with Crippen molar-refractivity contribution in [3.63, 3.8) is 0 Å². The molecule has 1 aromatic carbocycles. The maximum Gasteiger partial charge on any atom is 0.194 e. The lowest BCUT2D eigenvalue weighted by Gasteiger charge is -2.38. The number of benzene rings is 1. The quantitative estimate of drug-likeness (QED) is 0.290. The molecule has 0 N–H and O–H groups in total. The molecule has 146 valence electrons. The molecule has 2 fully saturated rings. The molecule has 0 aliphatic heterocycles. The van der Waals surface area contributed by atoms with Crippen molar-refractivity contribution in [3.8, 4) is 0 Å². The Kier molecular flexibility index (Phi) is 7.25. The average Bonchev–Trinajstić information content (AvgIpc) is 2.67. The summed E-state index contributed by atoms with van der Waals surface area (Å²) in [5, 5.41) is 0. The predicted molar refractivity (Wildman–Crippen MR) is 105 cm³/mol. The van der Waals surface area contributed by atoms with E-state index in [0.717, 1.165) is 43.1 Å². The van der Waals surface area contributed by atoms with Crippen LogP contribution in [0.5, 0.6) is 0 Å². The molecule has 0 atom stereocenters. The van der Waals surface area contributed by atoms with Crippen molar-refractivity contribution in [2.75, 3.05) is 0 Å². The van der Waals surface area contributed by atoms with Gasteiger partial charge in [-0.3, -0.25) is 0 Å². The highest BCUT2D eigenvalue weighted by Gasteiger charge is 2.31. The maximum absolute atomic E-state index is 13.5. The number of rotatable bonds is 6. The summed E-state index contributed by atoms with van der Waals surface area (Å²) in [4.78, 5) is 0. The van der Waals surface area contributed by atoms with E-state index in [1.165, 1.54) is 56.7 Å². The van der Waals surface area contributed by atoms with Gasteiger partial charge in [0.1, 0.15) is 0 Å². The molecular weight excluding hydrogens is 349 g/mol. The molecule has 0 saturated heterocycles. The van der Waals surface area contributed by atoms with Gasteiger partial charge in [0.25, 0.3) is 0 Å². The number of hydrogen-bond donors (Lipinski definition) is 0. The van der Waals surface area contributed by atoms with Gasteiger partial charge in [-0.2, -0.15) is 0 Å². The summed E-state index contributed by atoms with van der Waals surface area (Å²) in [5.41, 5.74) is 1.73. The standard InChI is InChI=1S/C22H33F3Si/c1-2-3-12-26-19-10-8-16(9-11-19)15-4-6-17(7-5-15)18-13-20(23)22(25)21(24)14-18/h13-17,19H,2-12,26H2,1H3/t15-,16-,17-,19-. The van der Waals surface area contributed by atoms with Crippen molar-refractivity contribution < 1.29 is 13.2 Å². The van der Waals surface area contributed by atoms with E-state index in [-0.39, 0.29) is 15.4 Å². The van der Waals surface area contributed by atoms with Crippen LogP contribution in [0.1, 0.15) is 82.6 Å². The molecule has 2 aliphatic carbocycles. The third kappa shape index (κ3) is 4.93. The first kappa shape index (κ1) is 20.0. The molecule has 0 heterocycles. The molecule has 2 aliphatic rings. The first-order chi connectivity index (χ1) is 12.6. The topological polar surface area (TPSA) is 0 Å². The number of unbranched alkanes of at least 4 members (excludes halogenated alkanes) is 1. The number of hydrogen-bond acceptors (Lipinski definition) is 0. The monoisotopic (exact) mass is 382 g/mol. The zero-order chi connectivity index (χ0) is 18.5. The molecule has 4 heteroatoms. The van der Waals surface area contributed by atoms with Crippen molar-refractivity contribution in [2.24, 2.45) is 11.8 Å². The molecule has 0 radical (unpaired) electrons. The van der Waals surface area contributed by atoms with E-state index < -0.39 is 17.5 Å². The molecular formula is C22H33F3Si. The fourth-order valence-corrected chi connectivity index (χ4v) is 7.78. The molecule has 0 aromatic heterocycles. The van der Waals surface area contributed by atoms with Crippen molar-refractivity contribution >= 4 is 9.52 Å². The van der Waals surface area contributed by atoms with Crippen LogP contribution in [0.25, 0.3) is 0 Å². The molecule has 0 nitrogen and oxygen atoms in total. The van der Waals surface area contributed by atoms with Crippen molar-refractivity contribution in [1.29, 1.82) is 0 Å². The minimum atomic E-state index is -1.35. The first-order valence-corrected chi connectivity index (χ1v) is 12.5. The average molecular weight is 383 g/mol. The van der Waals surface area contributed by atoms with Gasteiger partial charge in [0.15, 0.2) is 17.5 Å². The fraction of sp³-hybridized carbons (Fsp3) is 0.727. The smallest absolute Gasteiger partial charge is 0.194 e. The van der Waals surface area contributed by atoms with Crippen LogP contribution < -0.4 is 0 Å². The van der Waals surface area contributed by atoms with Crippen LogP contribution in [0.3, 0.4) is 0 Å². The Morgan fingerprint density at radius 1 is 0.846 bits per heavy atom. The summed E-state index contributed by atoms with van der Waals surface area (Å²) < 4.78 is 40.2. The maximum atomic E-state index is 13.5. The molecule has 0 amide bonds. The Hall–Kier alpha value is -0.773. The lowest BCUT2D eigenvalue weighted by Crippen LogP contribution is -2.25. The van der Waals surface area contributed by atoms with Crippen LogP contribution in [0.2, 0.25) is 11.6 Å². The van der Waals surface area contributed by atoms with Gasteiger partial charge in [0.05, 0.1) is 0 Å². The molecule has 0 spiro atoms. The fourth-order valence-electron chi connectivity index (χ4n) is 5.37. The van der Waals surface area contributed by atoms with Gasteiger partial charge in [-0.05, 0) is 61.1 Å². The Morgan fingerprint density at radius 3 is 1.92 bits per heavy atom. The normalized spacial score (nSPS) is 30.2. The van der Waals surface area contributed by atoms with Gasteiger partial charge in [0, 0.05) is 9.52 Å². The van der Waals surface area contributed by atoms with E-state index in [2.05, 4.69) is 6.92 Å². The van der Waals surface area contributed by atoms with E-state index >= 15 is 0 Å². The second-order valence-corrected chi connectivity index (χ2v) is 11.1. The molecule has 0 unspecified atom stereocenters. The Labute approximate surface area is 158 Å². The van der Waals surface area contributed by atoms with E-state index in [0.29, 0.717) is 5.56 Å². The molecule has 1 aromatic rings. The summed E-state index contributed by atoms with van der Waals surface area (Å²) in [6.07, 6.45) is 12.8. The number of halogens is 3. The zero-order valence-corrected chi connectivity index (χ0v) is 17.5. The summed E-state index contributed by atoms with van der Waals surface area (Å²) in [6, 6.07) is 3.94. The van der Waals surface area contributed by atoms with Crippen molar-refractivity contribution in [1.82, 2.24) is 0 Å². The minimum Gasteiger partial charge on any atom is -0.204 e. The van der Waals surface area contributed by atoms with E-state index in [4.69, 9.17) is 0 Å². The second kappa shape index (κ2) is 9.43. The predicted octanol–water partition coefficient (Wildman–Crippen LogP) is 6.74. The lowest BCUT2D eigenvalue weighted by atomic mass is 9.70. The Balaban J connectivity index is 1.46. The highest BCUT2D eigenvalue weighted by molar-refractivity contribution is 6.37. The molecule has 26 heavy (non-hydrogen) atoms. The minimum absolute atomic E-state index is 0.147.